The number of aliphatic imine (C=N–C) groups is 1. The molecule has 156 valence electrons. The van der Waals surface area contributed by atoms with Gasteiger partial charge in [0.2, 0.25) is 0 Å². The molecule has 1 fully saturated rings. The van der Waals surface area contributed by atoms with Crippen LogP contribution in [0.2, 0.25) is 20.1 Å². The van der Waals surface area contributed by atoms with E-state index in [9.17, 15) is 4.79 Å². The fraction of sp³-hybridized carbons (Fsp3) is 0. The van der Waals surface area contributed by atoms with Crippen molar-refractivity contribution in [3.05, 3.63) is 97.7 Å². The van der Waals surface area contributed by atoms with Gasteiger partial charge < -0.3 is 4.42 Å². The van der Waals surface area contributed by atoms with Gasteiger partial charge in [0, 0.05) is 0 Å². The first-order chi connectivity index (χ1) is 14.9. The van der Waals surface area contributed by atoms with Crippen molar-refractivity contribution in [3.8, 4) is 0 Å². The van der Waals surface area contributed by atoms with Crippen molar-refractivity contribution in [2.75, 3.05) is 4.90 Å². The molecule has 3 aromatic rings. The highest BCUT2D eigenvalue weighted by Crippen LogP contribution is 2.39. The van der Waals surface area contributed by atoms with Crippen molar-refractivity contribution < 1.29 is 9.21 Å². The summed E-state index contributed by atoms with van der Waals surface area (Å²) in [6.07, 6.45) is 6.79. The Morgan fingerprint density at radius 1 is 0.935 bits per heavy atom. The van der Waals surface area contributed by atoms with Gasteiger partial charge in [0.15, 0.2) is 5.17 Å². The minimum atomic E-state index is -0.244. The highest BCUT2D eigenvalue weighted by Gasteiger charge is 2.34. The van der Waals surface area contributed by atoms with Crippen molar-refractivity contribution >= 4 is 86.7 Å². The lowest BCUT2D eigenvalue weighted by molar-refractivity contribution is -0.113. The summed E-state index contributed by atoms with van der Waals surface area (Å²) in [6, 6.07) is 13.6. The van der Waals surface area contributed by atoms with Crippen LogP contribution in [0.25, 0.3) is 6.08 Å². The number of hydrogen-bond acceptors (Lipinski definition) is 4. The van der Waals surface area contributed by atoms with Crippen LogP contribution >= 0.6 is 58.2 Å². The van der Waals surface area contributed by atoms with E-state index in [1.54, 1.807) is 67.0 Å². The number of carbonyl (C=O) groups is 1. The maximum Gasteiger partial charge on any atom is 0.271 e. The van der Waals surface area contributed by atoms with Gasteiger partial charge >= 0.3 is 0 Å². The first-order valence-corrected chi connectivity index (χ1v) is 11.2. The van der Waals surface area contributed by atoms with Crippen LogP contribution in [0.3, 0.4) is 0 Å². The lowest BCUT2D eigenvalue weighted by Crippen LogP contribution is -2.28. The van der Waals surface area contributed by atoms with Crippen LogP contribution in [0.5, 0.6) is 0 Å². The smallest absolute Gasteiger partial charge is 0.271 e. The molecule has 0 saturated carbocycles. The monoisotopic (exact) mass is 508 g/mol. The molecule has 0 N–H and O–H groups in total. The number of amides is 1. The number of benzene rings is 2. The quantitative estimate of drug-likeness (QED) is 0.332. The first kappa shape index (κ1) is 22.1. The molecule has 4 nitrogen and oxygen atoms in total. The minimum absolute atomic E-state index is 0.244. The highest BCUT2D eigenvalue weighted by molar-refractivity contribution is 8.19. The van der Waals surface area contributed by atoms with Crippen LogP contribution in [0.4, 0.5) is 11.4 Å². The molecular formula is C22H12Cl4N2O2S. The van der Waals surface area contributed by atoms with E-state index in [2.05, 4.69) is 4.99 Å². The van der Waals surface area contributed by atoms with Gasteiger partial charge in [-0.15, -0.1) is 0 Å². The van der Waals surface area contributed by atoms with E-state index in [-0.39, 0.29) is 5.91 Å². The standard InChI is InChI=1S/C22H12Cl4N2O2S/c23-16-8-6-13(11-18(16)25)27-22-28(14-7-9-17(24)19(26)12-14)21(29)20(31-22)5-1-3-15-4-2-10-30-15/h1-12H/b3-1+,20-5+,27-22?. The van der Waals surface area contributed by atoms with Crippen LogP contribution in [0, 0.1) is 0 Å². The predicted octanol–water partition coefficient (Wildman–Crippen LogP) is 8.26. The highest BCUT2D eigenvalue weighted by atomic mass is 35.5. The van der Waals surface area contributed by atoms with Crippen molar-refractivity contribution in [3.63, 3.8) is 0 Å². The summed E-state index contributed by atoms with van der Waals surface area (Å²) in [7, 11) is 0. The Kier molecular flexibility index (Phi) is 6.80. The third-order valence-electron chi connectivity index (χ3n) is 4.15. The number of anilines is 1. The number of allylic oxidation sites excluding steroid dienone is 2. The molecule has 2 aromatic carbocycles. The van der Waals surface area contributed by atoms with Crippen molar-refractivity contribution in [1.82, 2.24) is 0 Å². The number of rotatable bonds is 4. The normalized spacial score (nSPS) is 16.9. The van der Waals surface area contributed by atoms with Crippen LogP contribution in [-0.4, -0.2) is 11.1 Å². The largest absolute Gasteiger partial charge is 0.465 e. The number of thioether (sulfide) groups is 1. The molecule has 4 rings (SSSR count). The average Bonchev–Trinajstić information content (AvgIpc) is 3.36. The lowest BCUT2D eigenvalue weighted by Gasteiger charge is -2.16. The zero-order chi connectivity index (χ0) is 22.0. The molecule has 1 aliphatic heterocycles. The van der Waals surface area contributed by atoms with Crippen LogP contribution in [-0.2, 0) is 4.79 Å². The summed E-state index contributed by atoms with van der Waals surface area (Å²) in [4.78, 5) is 19.8. The average molecular weight is 510 g/mol. The van der Waals surface area contributed by atoms with Gasteiger partial charge in [0.25, 0.3) is 5.91 Å². The third kappa shape index (κ3) is 5.03. The van der Waals surface area contributed by atoms with E-state index in [1.165, 1.54) is 16.7 Å². The molecule has 1 amide bonds. The number of furan rings is 1. The lowest BCUT2D eigenvalue weighted by atomic mass is 10.2. The van der Waals surface area contributed by atoms with Gasteiger partial charge in [-0.1, -0.05) is 52.5 Å². The minimum Gasteiger partial charge on any atom is -0.465 e. The maximum absolute atomic E-state index is 13.2. The molecule has 0 unspecified atom stereocenters. The van der Waals surface area contributed by atoms with E-state index < -0.39 is 0 Å². The summed E-state index contributed by atoms with van der Waals surface area (Å²) in [6.45, 7) is 0. The molecule has 9 heteroatoms. The second kappa shape index (κ2) is 9.55. The van der Waals surface area contributed by atoms with Gasteiger partial charge in [-0.05, 0) is 72.4 Å². The van der Waals surface area contributed by atoms with Gasteiger partial charge in [0.1, 0.15) is 5.76 Å². The summed E-state index contributed by atoms with van der Waals surface area (Å²) < 4.78 is 5.27. The Morgan fingerprint density at radius 2 is 1.68 bits per heavy atom. The second-order valence-electron chi connectivity index (χ2n) is 6.24. The summed E-state index contributed by atoms with van der Waals surface area (Å²) in [5.74, 6) is 0.435. The summed E-state index contributed by atoms with van der Waals surface area (Å²) in [5, 5.41) is 1.96. The number of nitrogens with zero attached hydrogens (tertiary/aromatic N) is 2. The van der Waals surface area contributed by atoms with Crippen molar-refractivity contribution in [2.24, 2.45) is 4.99 Å². The zero-order valence-corrected chi connectivity index (χ0v) is 19.4. The van der Waals surface area contributed by atoms with Crippen LogP contribution in [0.1, 0.15) is 5.76 Å². The number of hydrogen-bond donors (Lipinski definition) is 0. The van der Waals surface area contributed by atoms with E-state index in [0.717, 1.165) is 0 Å². The zero-order valence-electron chi connectivity index (χ0n) is 15.6. The second-order valence-corrected chi connectivity index (χ2v) is 8.88. The Bertz CT molecular complexity index is 1240. The van der Waals surface area contributed by atoms with Crippen LogP contribution in [0.15, 0.2) is 81.3 Å². The van der Waals surface area contributed by atoms with Gasteiger partial charge in [0.05, 0.1) is 42.6 Å². The predicted molar refractivity (Wildman–Crippen MR) is 131 cm³/mol. The SMILES string of the molecule is O=C1/C(=C\C=C\c2ccco2)SC(=Nc2ccc(Cl)c(Cl)c2)N1c1ccc(Cl)c(Cl)c1. The molecule has 0 radical (unpaired) electrons. The first-order valence-electron chi connectivity index (χ1n) is 8.85. The molecule has 2 heterocycles. The Balaban J connectivity index is 1.73. The Morgan fingerprint density at radius 3 is 2.35 bits per heavy atom. The molecule has 1 aromatic heterocycles. The van der Waals surface area contributed by atoms with Gasteiger partial charge in [-0.3, -0.25) is 9.69 Å². The molecule has 0 aliphatic carbocycles. The fourth-order valence-electron chi connectivity index (χ4n) is 2.70. The number of carbonyl (C=O) groups excluding carboxylic acids is 1. The topological polar surface area (TPSA) is 45.8 Å². The van der Waals surface area contributed by atoms with E-state index >= 15 is 0 Å². The maximum atomic E-state index is 13.2. The molecule has 0 atom stereocenters. The molecule has 1 saturated heterocycles. The van der Waals surface area contributed by atoms with E-state index in [1.807, 2.05) is 6.07 Å². The molecule has 31 heavy (non-hydrogen) atoms. The Hall–Kier alpha value is -2.15. The van der Waals surface area contributed by atoms with E-state index in [4.69, 9.17) is 50.8 Å². The molecule has 1 aliphatic rings. The van der Waals surface area contributed by atoms with Gasteiger partial charge in [-0.2, -0.15) is 0 Å². The molecule has 0 bridgehead atoms. The fourth-order valence-corrected chi connectivity index (χ4v) is 4.23. The third-order valence-corrected chi connectivity index (χ3v) is 6.61. The van der Waals surface area contributed by atoms with Crippen molar-refractivity contribution in [1.29, 1.82) is 0 Å². The number of halogens is 4. The van der Waals surface area contributed by atoms with E-state index in [0.29, 0.717) is 47.3 Å². The number of amidine groups is 1. The summed E-state index contributed by atoms with van der Waals surface area (Å²) in [5.41, 5.74) is 1.10. The van der Waals surface area contributed by atoms with Gasteiger partial charge in [-0.25, -0.2) is 4.99 Å². The molecular weight excluding hydrogens is 498 g/mol. The van der Waals surface area contributed by atoms with Crippen LogP contribution < -0.4 is 4.90 Å². The Labute approximate surface area is 202 Å². The van der Waals surface area contributed by atoms with Crippen molar-refractivity contribution in [2.45, 2.75) is 0 Å². The molecule has 0 spiro atoms. The summed E-state index contributed by atoms with van der Waals surface area (Å²) >= 11 is 25.6.